The van der Waals surface area contributed by atoms with E-state index in [1.54, 1.807) is 0 Å². The van der Waals surface area contributed by atoms with Gasteiger partial charge < -0.3 is 10.6 Å². The summed E-state index contributed by atoms with van der Waals surface area (Å²) in [5.74, 6) is 1.05. The monoisotopic (exact) mass is 256 g/mol. The number of hydrogen-bond acceptors (Lipinski definition) is 3. The second kappa shape index (κ2) is 4.61. The predicted octanol–water partition coefficient (Wildman–Crippen LogP) is 2.88. The van der Waals surface area contributed by atoms with Crippen LogP contribution in [-0.2, 0) is 13.0 Å². The summed E-state index contributed by atoms with van der Waals surface area (Å²) >= 11 is 0. The summed E-state index contributed by atoms with van der Waals surface area (Å²) in [4.78, 5) is 2.32. The molecule has 0 bridgehead atoms. The van der Waals surface area contributed by atoms with Gasteiger partial charge in [-0.2, -0.15) is 5.10 Å². The lowest BCUT2D eigenvalue weighted by Crippen LogP contribution is -2.27. The van der Waals surface area contributed by atoms with Crippen molar-refractivity contribution in [3.05, 3.63) is 35.5 Å². The van der Waals surface area contributed by atoms with Crippen LogP contribution in [0.3, 0.4) is 0 Å². The second-order valence-corrected chi connectivity index (χ2v) is 5.02. The topological polar surface area (TPSA) is 47.1 Å². The smallest absolute Gasteiger partial charge is 0.155 e. The van der Waals surface area contributed by atoms with Crippen molar-refractivity contribution in [2.75, 3.05) is 17.2 Å². The maximum atomic E-state index is 6.24. The lowest BCUT2D eigenvalue weighted by molar-refractivity contribution is 0.636. The lowest BCUT2D eigenvalue weighted by atomic mass is 10.0. The van der Waals surface area contributed by atoms with Gasteiger partial charge in [-0.25, -0.2) is 4.68 Å². The van der Waals surface area contributed by atoms with Gasteiger partial charge in [0.1, 0.15) is 0 Å². The number of hydrogen-bond donors (Lipinski definition) is 1. The van der Waals surface area contributed by atoms with Gasteiger partial charge in [-0.15, -0.1) is 0 Å². The van der Waals surface area contributed by atoms with Crippen LogP contribution in [0.1, 0.15) is 24.6 Å². The number of nitrogen functional groups attached to an aromatic ring is 1. The highest BCUT2D eigenvalue weighted by Crippen LogP contribution is 2.37. The van der Waals surface area contributed by atoms with Crippen molar-refractivity contribution in [2.45, 2.75) is 33.2 Å². The Balaban J connectivity index is 2.14. The third-order valence-electron chi connectivity index (χ3n) is 3.81. The van der Waals surface area contributed by atoms with E-state index in [0.29, 0.717) is 0 Å². The first-order valence-electron chi connectivity index (χ1n) is 6.90. The Morgan fingerprint density at radius 1 is 1.32 bits per heavy atom. The van der Waals surface area contributed by atoms with Crippen LogP contribution in [-0.4, -0.2) is 16.3 Å². The predicted molar refractivity (Wildman–Crippen MR) is 78.8 cm³/mol. The molecule has 19 heavy (non-hydrogen) atoms. The summed E-state index contributed by atoms with van der Waals surface area (Å²) in [5.41, 5.74) is 10.6. The van der Waals surface area contributed by atoms with Crippen molar-refractivity contribution in [1.82, 2.24) is 9.78 Å². The fourth-order valence-electron chi connectivity index (χ4n) is 2.84. The van der Waals surface area contributed by atoms with Crippen LogP contribution < -0.4 is 10.6 Å². The van der Waals surface area contributed by atoms with Gasteiger partial charge in [-0.3, -0.25) is 0 Å². The van der Waals surface area contributed by atoms with Crippen LogP contribution >= 0.6 is 0 Å². The SMILES string of the molecule is CCn1nc(C)c(N)c1N1CCCc2ccccc21. The highest BCUT2D eigenvalue weighted by atomic mass is 15.4. The molecule has 0 fully saturated rings. The van der Waals surface area contributed by atoms with Gasteiger partial charge in [-0.05, 0) is 38.3 Å². The molecule has 0 saturated heterocycles. The molecule has 0 saturated carbocycles. The summed E-state index contributed by atoms with van der Waals surface area (Å²) < 4.78 is 2.01. The molecule has 4 heteroatoms. The third-order valence-corrected chi connectivity index (χ3v) is 3.81. The number of fused-ring (bicyclic) bond motifs is 1. The number of anilines is 3. The fraction of sp³-hybridized carbons (Fsp3) is 0.400. The Morgan fingerprint density at radius 3 is 2.89 bits per heavy atom. The molecule has 1 aromatic carbocycles. The van der Waals surface area contributed by atoms with Crippen LogP contribution in [0.15, 0.2) is 24.3 Å². The molecule has 3 rings (SSSR count). The molecule has 100 valence electrons. The van der Waals surface area contributed by atoms with Crippen molar-refractivity contribution in [3.8, 4) is 0 Å². The first-order valence-corrected chi connectivity index (χ1v) is 6.90. The van der Waals surface area contributed by atoms with E-state index in [4.69, 9.17) is 5.73 Å². The number of nitrogens with zero attached hydrogens (tertiary/aromatic N) is 3. The van der Waals surface area contributed by atoms with Gasteiger partial charge in [0.25, 0.3) is 0 Å². The maximum Gasteiger partial charge on any atom is 0.155 e. The van der Waals surface area contributed by atoms with E-state index in [1.807, 2.05) is 11.6 Å². The minimum Gasteiger partial charge on any atom is -0.394 e. The normalized spacial score (nSPS) is 14.5. The van der Waals surface area contributed by atoms with Crippen molar-refractivity contribution in [3.63, 3.8) is 0 Å². The molecule has 0 amide bonds. The van der Waals surface area contributed by atoms with Gasteiger partial charge >= 0.3 is 0 Å². The summed E-state index contributed by atoms with van der Waals surface area (Å²) in [6, 6.07) is 8.58. The highest BCUT2D eigenvalue weighted by Gasteiger charge is 2.24. The van der Waals surface area contributed by atoms with Gasteiger partial charge in [0, 0.05) is 18.8 Å². The molecule has 1 aliphatic heterocycles. The Hall–Kier alpha value is -1.97. The van der Waals surface area contributed by atoms with Gasteiger partial charge in [0.05, 0.1) is 11.4 Å². The molecular weight excluding hydrogens is 236 g/mol. The number of nitrogens with two attached hydrogens (primary N) is 1. The molecule has 4 nitrogen and oxygen atoms in total. The third kappa shape index (κ3) is 1.87. The van der Waals surface area contributed by atoms with E-state index in [0.717, 1.165) is 43.1 Å². The maximum absolute atomic E-state index is 6.24. The number of benzene rings is 1. The summed E-state index contributed by atoms with van der Waals surface area (Å²) in [6.45, 7) is 5.92. The van der Waals surface area contributed by atoms with Gasteiger partial charge in [0.2, 0.25) is 0 Å². The second-order valence-electron chi connectivity index (χ2n) is 5.02. The first-order chi connectivity index (χ1) is 9.22. The number of rotatable bonds is 2. The van der Waals surface area contributed by atoms with Crippen molar-refractivity contribution >= 4 is 17.2 Å². The van der Waals surface area contributed by atoms with Crippen LogP contribution in [0.2, 0.25) is 0 Å². The minimum atomic E-state index is 0.804. The Morgan fingerprint density at radius 2 is 2.11 bits per heavy atom. The van der Waals surface area contributed by atoms with Crippen LogP contribution in [0.25, 0.3) is 0 Å². The van der Waals surface area contributed by atoms with E-state index in [9.17, 15) is 0 Å². The zero-order chi connectivity index (χ0) is 13.4. The Kier molecular flexibility index (Phi) is 2.93. The number of aromatic nitrogens is 2. The van der Waals surface area contributed by atoms with Crippen LogP contribution in [0, 0.1) is 6.92 Å². The molecule has 1 aliphatic rings. The molecule has 0 unspecified atom stereocenters. The molecular formula is C15H20N4. The van der Waals surface area contributed by atoms with Crippen LogP contribution in [0.5, 0.6) is 0 Å². The fourth-order valence-corrected chi connectivity index (χ4v) is 2.84. The van der Waals surface area contributed by atoms with Gasteiger partial charge in [0.15, 0.2) is 5.82 Å². The van der Waals surface area contributed by atoms with E-state index in [2.05, 4.69) is 41.2 Å². The molecule has 1 aromatic heterocycles. The zero-order valence-corrected chi connectivity index (χ0v) is 11.6. The average Bonchev–Trinajstić information content (AvgIpc) is 2.74. The zero-order valence-electron chi connectivity index (χ0n) is 11.6. The summed E-state index contributed by atoms with van der Waals surface area (Å²) in [5, 5.41) is 4.53. The van der Waals surface area contributed by atoms with Crippen molar-refractivity contribution in [2.24, 2.45) is 0 Å². The molecule has 0 aliphatic carbocycles. The molecule has 0 spiro atoms. The van der Waals surface area contributed by atoms with E-state index < -0.39 is 0 Å². The Bertz CT molecular complexity index is 600. The van der Waals surface area contributed by atoms with E-state index in [1.165, 1.54) is 11.3 Å². The van der Waals surface area contributed by atoms with Crippen molar-refractivity contribution in [1.29, 1.82) is 0 Å². The van der Waals surface area contributed by atoms with E-state index >= 15 is 0 Å². The number of aryl methyl sites for hydroxylation is 3. The highest BCUT2D eigenvalue weighted by molar-refractivity contribution is 5.75. The molecule has 0 radical (unpaired) electrons. The lowest BCUT2D eigenvalue weighted by Gasteiger charge is -2.31. The summed E-state index contributed by atoms with van der Waals surface area (Å²) in [6.07, 6.45) is 2.30. The standard InChI is InChI=1S/C15H20N4/c1-3-19-15(14(16)11(2)17-19)18-10-6-8-12-7-4-5-9-13(12)18/h4-5,7,9H,3,6,8,10,16H2,1-2H3. The first kappa shape index (κ1) is 12.1. The molecule has 2 heterocycles. The molecule has 2 aromatic rings. The Labute approximate surface area is 113 Å². The molecule has 0 atom stereocenters. The van der Waals surface area contributed by atoms with Gasteiger partial charge in [-0.1, -0.05) is 18.2 Å². The average molecular weight is 256 g/mol. The van der Waals surface area contributed by atoms with Crippen molar-refractivity contribution < 1.29 is 0 Å². The minimum absolute atomic E-state index is 0.804. The summed E-state index contributed by atoms with van der Waals surface area (Å²) in [7, 11) is 0. The van der Waals surface area contributed by atoms with Crippen LogP contribution in [0.4, 0.5) is 17.2 Å². The quantitative estimate of drug-likeness (QED) is 0.898. The number of para-hydroxylation sites is 1. The largest absolute Gasteiger partial charge is 0.394 e. The van der Waals surface area contributed by atoms with E-state index in [-0.39, 0.29) is 0 Å². The molecule has 2 N–H and O–H groups in total.